The number of nitrogens with zero attached hydrogens (tertiary/aromatic N) is 2. The predicted octanol–water partition coefficient (Wildman–Crippen LogP) is 4.59. The van der Waals surface area contributed by atoms with Crippen molar-refractivity contribution in [1.82, 2.24) is 4.98 Å². The molecule has 0 radical (unpaired) electrons. The van der Waals surface area contributed by atoms with Crippen LogP contribution in [0.3, 0.4) is 0 Å². The number of anilines is 2. The van der Waals surface area contributed by atoms with Gasteiger partial charge >= 0.3 is 0 Å². The summed E-state index contributed by atoms with van der Waals surface area (Å²) in [7, 11) is 3.95. The van der Waals surface area contributed by atoms with E-state index in [-0.39, 0.29) is 11.7 Å². The number of rotatable bonds is 6. The average molecular weight is 369 g/mol. The van der Waals surface area contributed by atoms with Gasteiger partial charge < -0.3 is 10.2 Å². The molecule has 1 amide bonds. The molecular formula is C20H20FN3OS. The van der Waals surface area contributed by atoms with Crippen molar-refractivity contribution >= 4 is 28.6 Å². The van der Waals surface area contributed by atoms with Gasteiger partial charge in [0.15, 0.2) is 0 Å². The number of nitrogens with one attached hydrogen (secondary N) is 1. The average Bonchev–Trinajstić information content (AvgIpc) is 3.10. The van der Waals surface area contributed by atoms with Gasteiger partial charge in [-0.1, -0.05) is 0 Å². The molecule has 0 aliphatic carbocycles. The van der Waals surface area contributed by atoms with Crippen molar-refractivity contribution in [3.8, 4) is 11.3 Å². The van der Waals surface area contributed by atoms with Gasteiger partial charge in [-0.15, -0.1) is 11.3 Å². The molecule has 1 heterocycles. The second kappa shape index (κ2) is 8.10. The van der Waals surface area contributed by atoms with Gasteiger partial charge in [0, 0.05) is 49.3 Å². The first-order valence-electron chi connectivity index (χ1n) is 8.29. The zero-order valence-electron chi connectivity index (χ0n) is 14.7. The van der Waals surface area contributed by atoms with E-state index in [4.69, 9.17) is 0 Å². The van der Waals surface area contributed by atoms with Crippen LogP contribution in [-0.4, -0.2) is 25.0 Å². The van der Waals surface area contributed by atoms with E-state index in [2.05, 4.69) is 10.3 Å². The first kappa shape index (κ1) is 18.1. The zero-order valence-corrected chi connectivity index (χ0v) is 15.5. The number of benzene rings is 2. The highest BCUT2D eigenvalue weighted by molar-refractivity contribution is 7.09. The van der Waals surface area contributed by atoms with Gasteiger partial charge in [-0.05, 0) is 48.5 Å². The largest absolute Gasteiger partial charge is 0.378 e. The van der Waals surface area contributed by atoms with Crippen LogP contribution in [0.2, 0.25) is 0 Å². The molecule has 3 rings (SSSR count). The van der Waals surface area contributed by atoms with Crippen LogP contribution in [0.1, 0.15) is 11.4 Å². The van der Waals surface area contributed by atoms with E-state index < -0.39 is 0 Å². The number of hydrogen-bond acceptors (Lipinski definition) is 4. The summed E-state index contributed by atoms with van der Waals surface area (Å²) in [6, 6.07) is 14.0. The van der Waals surface area contributed by atoms with Crippen LogP contribution in [0.25, 0.3) is 11.3 Å². The van der Waals surface area contributed by atoms with Gasteiger partial charge in [0.25, 0.3) is 0 Å². The monoisotopic (exact) mass is 369 g/mol. The van der Waals surface area contributed by atoms with Crippen molar-refractivity contribution in [2.24, 2.45) is 0 Å². The molecule has 4 nitrogen and oxygen atoms in total. The summed E-state index contributed by atoms with van der Waals surface area (Å²) < 4.78 is 13.0. The Bertz CT molecular complexity index is 873. The molecule has 0 unspecified atom stereocenters. The number of aromatic nitrogens is 1. The van der Waals surface area contributed by atoms with Crippen molar-refractivity contribution in [2.45, 2.75) is 12.8 Å². The topological polar surface area (TPSA) is 45.2 Å². The molecule has 0 fully saturated rings. The van der Waals surface area contributed by atoms with Gasteiger partial charge in [0.1, 0.15) is 5.82 Å². The zero-order chi connectivity index (χ0) is 18.5. The van der Waals surface area contributed by atoms with Crippen LogP contribution in [0.15, 0.2) is 53.9 Å². The molecule has 0 saturated heterocycles. The van der Waals surface area contributed by atoms with Crippen LogP contribution in [0.4, 0.5) is 15.8 Å². The highest BCUT2D eigenvalue weighted by atomic mass is 32.1. The van der Waals surface area contributed by atoms with Crippen LogP contribution < -0.4 is 10.2 Å². The number of amides is 1. The predicted molar refractivity (Wildman–Crippen MR) is 105 cm³/mol. The second-order valence-electron chi connectivity index (χ2n) is 6.12. The Balaban J connectivity index is 1.54. The molecule has 6 heteroatoms. The first-order chi connectivity index (χ1) is 12.5. The molecule has 0 aliphatic heterocycles. The molecular weight excluding hydrogens is 349 g/mol. The van der Waals surface area contributed by atoms with Gasteiger partial charge in [-0.3, -0.25) is 4.79 Å². The van der Waals surface area contributed by atoms with Crippen LogP contribution in [0.5, 0.6) is 0 Å². The molecule has 26 heavy (non-hydrogen) atoms. The Hall–Kier alpha value is -2.73. The fourth-order valence-corrected chi connectivity index (χ4v) is 3.27. The maximum atomic E-state index is 13.0. The van der Waals surface area contributed by atoms with Crippen molar-refractivity contribution in [3.05, 3.63) is 64.7 Å². The highest BCUT2D eigenvalue weighted by Crippen LogP contribution is 2.23. The Morgan fingerprint density at radius 1 is 1.12 bits per heavy atom. The standard InChI is InChI=1S/C20H20FN3OS/c1-24(2)17-9-7-16(8-10-17)22-19(25)11-12-20-23-18(13-26-20)14-3-5-15(21)6-4-14/h3-10,13H,11-12H2,1-2H3,(H,22,25). The van der Waals surface area contributed by atoms with E-state index in [1.165, 1.54) is 23.5 Å². The number of carbonyl (C=O) groups is 1. The summed E-state index contributed by atoms with van der Waals surface area (Å²) >= 11 is 1.51. The molecule has 0 saturated carbocycles. The highest BCUT2D eigenvalue weighted by Gasteiger charge is 2.08. The van der Waals surface area contributed by atoms with Gasteiger partial charge in [0.05, 0.1) is 10.7 Å². The fraction of sp³-hybridized carbons (Fsp3) is 0.200. The number of thiazole rings is 1. The van der Waals surface area contributed by atoms with Crippen molar-refractivity contribution < 1.29 is 9.18 Å². The Kier molecular flexibility index (Phi) is 5.63. The van der Waals surface area contributed by atoms with E-state index in [1.807, 2.05) is 48.6 Å². The maximum Gasteiger partial charge on any atom is 0.224 e. The lowest BCUT2D eigenvalue weighted by molar-refractivity contribution is -0.116. The van der Waals surface area contributed by atoms with Crippen molar-refractivity contribution in [3.63, 3.8) is 0 Å². The quantitative estimate of drug-likeness (QED) is 0.691. The lowest BCUT2D eigenvalue weighted by atomic mass is 10.2. The second-order valence-corrected chi connectivity index (χ2v) is 7.07. The minimum atomic E-state index is -0.264. The molecule has 1 aromatic heterocycles. The molecule has 3 aromatic rings. The van der Waals surface area contributed by atoms with Crippen LogP contribution >= 0.6 is 11.3 Å². The Labute approximate surface area is 156 Å². The number of carbonyl (C=O) groups excluding carboxylic acids is 1. The minimum Gasteiger partial charge on any atom is -0.378 e. The Morgan fingerprint density at radius 2 is 1.81 bits per heavy atom. The molecule has 0 spiro atoms. The van der Waals surface area contributed by atoms with Crippen molar-refractivity contribution in [2.75, 3.05) is 24.3 Å². The molecule has 134 valence electrons. The summed E-state index contributed by atoms with van der Waals surface area (Å²) in [4.78, 5) is 18.7. The van der Waals surface area contributed by atoms with Crippen molar-refractivity contribution in [1.29, 1.82) is 0 Å². The van der Waals surface area contributed by atoms with Gasteiger partial charge in [0.2, 0.25) is 5.91 Å². The summed E-state index contributed by atoms with van der Waals surface area (Å²) in [5, 5.41) is 5.72. The summed E-state index contributed by atoms with van der Waals surface area (Å²) in [6.45, 7) is 0. The third-order valence-corrected chi connectivity index (χ3v) is 4.83. The molecule has 1 N–H and O–H groups in total. The van der Waals surface area contributed by atoms with E-state index in [0.717, 1.165) is 27.6 Å². The SMILES string of the molecule is CN(C)c1ccc(NC(=O)CCc2nc(-c3ccc(F)cc3)cs2)cc1. The smallest absolute Gasteiger partial charge is 0.224 e. The lowest BCUT2D eigenvalue weighted by Gasteiger charge is -2.13. The van der Waals surface area contributed by atoms with E-state index in [1.54, 1.807) is 12.1 Å². The lowest BCUT2D eigenvalue weighted by Crippen LogP contribution is -2.13. The van der Waals surface area contributed by atoms with E-state index >= 15 is 0 Å². The number of hydrogen-bond donors (Lipinski definition) is 1. The maximum absolute atomic E-state index is 13.0. The molecule has 0 bridgehead atoms. The number of halogens is 1. The molecule has 0 aliphatic rings. The summed E-state index contributed by atoms with van der Waals surface area (Å²) in [5.74, 6) is -0.305. The van der Waals surface area contributed by atoms with Gasteiger partial charge in [-0.2, -0.15) is 0 Å². The van der Waals surface area contributed by atoms with E-state index in [0.29, 0.717) is 12.8 Å². The fourth-order valence-electron chi connectivity index (χ4n) is 2.47. The Morgan fingerprint density at radius 3 is 2.46 bits per heavy atom. The minimum absolute atomic E-state index is 0.0406. The molecule has 2 aromatic carbocycles. The molecule has 0 atom stereocenters. The normalized spacial score (nSPS) is 10.6. The third-order valence-electron chi connectivity index (χ3n) is 3.93. The summed E-state index contributed by atoms with van der Waals surface area (Å²) in [6.07, 6.45) is 0.944. The van der Waals surface area contributed by atoms with Gasteiger partial charge in [-0.25, -0.2) is 9.37 Å². The third kappa shape index (κ3) is 4.67. The first-order valence-corrected chi connectivity index (χ1v) is 9.17. The van der Waals surface area contributed by atoms with Crippen LogP contribution in [0, 0.1) is 5.82 Å². The number of aryl methyl sites for hydroxylation is 1. The van der Waals surface area contributed by atoms with E-state index in [9.17, 15) is 9.18 Å². The summed E-state index contributed by atoms with van der Waals surface area (Å²) in [5.41, 5.74) is 3.55. The van der Waals surface area contributed by atoms with Crippen LogP contribution in [-0.2, 0) is 11.2 Å².